The number of amides is 2. The molecule has 2 aromatic rings. The molecule has 1 N–H and O–H groups in total. The highest BCUT2D eigenvalue weighted by Gasteiger charge is 2.17. The smallest absolute Gasteiger partial charge is 0.317 e. The second kappa shape index (κ2) is 8.61. The Morgan fingerprint density at radius 3 is 2.50 bits per heavy atom. The van der Waals surface area contributed by atoms with E-state index in [0.29, 0.717) is 26.3 Å². The second-order valence-corrected chi connectivity index (χ2v) is 6.67. The summed E-state index contributed by atoms with van der Waals surface area (Å²) in [5.41, 5.74) is 2.25. The van der Waals surface area contributed by atoms with E-state index in [1.54, 1.807) is 0 Å². The van der Waals surface area contributed by atoms with Gasteiger partial charge in [0.05, 0.1) is 0 Å². The molecular weight excluding hydrogens is 328 g/mol. The maximum atomic E-state index is 12.6. The van der Waals surface area contributed by atoms with E-state index in [0.717, 1.165) is 29.0 Å². The van der Waals surface area contributed by atoms with Crippen LogP contribution in [-0.4, -0.2) is 36.7 Å². The first-order valence-corrected chi connectivity index (χ1v) is 9.10. The topological polar surface area (TPSA) is 50.8 Å². The average molecular weight is 354 g/mol. The molecule has 5 heteroatoms. The number of hydrogen-bond acceptors (Lipinski definition) is 3. The number of benzene rings is 2. The highest BCUT2D eigenvalue weighted by molar-refractivity contribution is 5.74. The SMILES string of the molecule is CC(C)N(Cc1ccccc1)C(=O)NCCc1ccc2c(c1)OCCO2. The van der Waals surface area contributed by atoms with Gasteiger partial charge < -0.3 is 19.7 Å². The minimum atomic E-state index is -0.0404. The number of fused-ring (bicyclic) bond motifs is 1. The molecule has 2 amide bonds. The average Bonchev–Trinajstić information content (AvgIpc) is 2.66. The van der Waals surface area contributed by atoms with Crippen LogP contribution in [0.3, 0.4) is 0 Å². The van der Waals surface area contributed by atoms with E-state index in [1.807, 2.05) is 67.3 Å². The van der Waals surface area contributed by atoms with E-state index in [-0.39, 0.29) is 12.1 Å². The molecule has 1 heterocycles. The molecule has 0 unspecified atom stereocenters. The summed E-state index contributed by atoms with van der Waals surface area (Å²) in [4.78, 5) is 14.4. The first-order chi connectivity index (χ1) is 12.6. The first-order valence-electron chi connectivity index (χ1n) is 9.10. The number of urea groups is 1. The molecule has 0 saturated heterocycles. The second-order valence-electron chi connectivity index (χ2n) is 6.67. The van der Waals surface area contributed by atoms with Gasteiger partial charge in [-0.1, -0.05) is 36.4 Å². The van der Waals surface area contributed by atoms with Crippen molar-refractivity contribution in [2.75, 3.05) is 19.8 Å². The highest BCUT2D eigenvalue weighted by Crippen LogP contribution is 2.30. The number of rotatable bonds is 6. The summed E-state index contributed by atoms with van der Waals surface area (Å²) in [5, 5.41) is 3.03. The van der Waals surface area contributed by atoms with Crippen LogP contribution >= 0.6 is 0 Å². The van der Waals surface area contributed by atoms with Gasteiger partial charge in [0.2, 0.25) is 0 Å². The molecule has 0 atom stereocenters. The third-order valence-corrected chi connectivity index (χ3v) is 4.38. The fourth-order valence-corrected chi connectivity index (χ4v) is 2.93. The lowest BCUT2D eigenvalue weighted by Gasteiger charge is -2.27. The fourth-order valence-electron chi connectivity index (χ4n) is 2.93. The molecule has 0 bridgehead atoms. The van der Waals surface area contributed by atoms with Crippen LogP contribution in [-0.2, 0) is 13.0 Å². The summed E-state index contributed by atoms with van der Waals surface area (Å²) in [6.45, 7) is 6.42. The maximum absolute atomic E-state index is 12.6. The Bertz CT molecular complexity index is 731. The molecule has 138 valence electrons. The summed E-state index contributed by atoms with van der Waals surface area (Å²) in [5.74, 6) is 1.57. The van der Waals surface area contributed by atoms with Gasteiger partial charge in [0.15, 0.2) is 11.5 Å². The molecule has 0 fully saturated rings. The summed E-state index contributed by atoms with van der Waals surface area (Å²) >= 11 is 0. The predicted octanol–water partition coefficient (Wildman–Crippen LogP) is 3.62. The quantitative estimate of drug-likeness (QED) is 0.862. The Balaban J connectivity index is 1.53. The molecule has 2 aromatic carbocycles. The number of ether oxygens (including phenoxy) is 2. The van der Waals surface area contributed by atoms with Gasteiger partial charge in [-0.15, -0.1) is 0 Å². The van der Waals surface area contributed by atoms with Crippen LogP contribution in [0, 0.1) is 0 Å². The zero-order chi connectivity index (χ0) is 18.4. The van der Waals surface area contributed by atoms with Gasteiger partial charge in [0.25, 0.3) is 0 Å². The van der Waals surface area contributed by atoms with Gasteiger partial charge in [-0.2, -0.15) is 0 Å². The van der Waals surface area contributed by atoms with Gasteiger partial charge in [-0.25, -0.2) is 4.79 Å². The zero-order valence-electron chi connectivity index (χ0n) is 15.4. The molecule has 3 rings (SSSR count). The standard InChI is InChI=1S/C21H26N2O3/c1-16(2)23(15-18-6-4-3-5-7-18)21(24)22-11-10-17-8-9-19-20(14-17)26-13-12-25-19/h3-9,14,16H,10-13,15H2,1-2H3,(H,22,24). The van der Waals surface area contributed by atoms with Gasteiger partial charge in [0, 0.05) is 19.1 Å². The number of hydrogen-bond donors (Lipinski definition) is 1. The minimum Gasteiger partial charge on any atom is -0.486 e. The molecule has 1 aliphatic rings. The summed E-state index contributed by atoms with van der Waals surface area (Å²) < 4.78 is 11.1. The summed E-state index contributed by atoms with van der Waals surface area (Å²) in [6, 6.07) is 16.1. The first kappa shape index (κ1) is 18.1. The van der Waals surface area contributed by atoms with Crippen LogP contribution < -0.4 is 14.8 Å². The van der Waals surface area contributed by atoms with Crippen molar-refractivity contribution >= 4 is 6.03 Å². The minimum absolute atomic E-state index is 0.0404. The van der Waals surface area contributed by atoms with Crippen molar-refractivity contribution in [2.24, 2.45) is 0 Å². The van der Waals surface area contributed by atoms with Crippen molar-refractivity contribution < 1.29 is 14.3 Å². The van der Waals surface area contributed by atoms with Crippen LogP contribution in [0.2, 0.25) is 0 Å². The number of nitrogens with zero attached hydrogens (tertiary/aromatic N) is 1. The van der Waals surface area contributed by atoms with Crippen molar-refractivity contribution in [1.82, 2.24) is 10.2 Å². The van der Waals surface area contributed by atoms with Gasteiger partial charge in [-0.3, -0.25) is 0 Å². The van der Waals surface area contributed by atoms with Crippen LogP contribution in [0.5, 0.6) is 11.5 Å². The van der Waals surface area contributed by atoms with Crippen LogP contribution in [0.15, 0.2) is 48.5 Å². The molecule has 0 aliphatic carbocycles. The Hall–Kier alpha value is -2.69. The van der Waals surface area contributed by atoms with E-state index in [2.05, 4.69) is 5.32 Å². The Kier molecular flexibility index (Phi) is 6.00. The van der Waals surface area contributed by atoms with E-state index >= 15 is 0 Å². The van der Waals surface area contributed by atoms with E-state index in [4.69, 9.17) is 9.47 Å². The Morgan fingerprint density at radius 2 is 1.77 bits per heavy atom. The van der Waals surface area contributed by atoms with Crippen molar-refractivity contribution in [1.29, 1.82) is 0 Å². The van der Waals surface area contributed by atoms with Gasteiger partial charge in [-0.05, 0) is 43.5 Å². The lowest BCUT2D eigenvalue weighted by molar-refractivity contribution is 0.171. The normalized spacial score (nSPS) is 12.7. The van der Waals surface area contributed by atoms with Crippen LogP contribution in [0.25, 0.3) is 0 Å². The fraction of sp³-hybridized carbons (Fsp3) is 0.381. The predicted molar refractivity (Wildman–Crippen MR) is 102 cm³/mol. The monoisotopic (exact) mass is 354 g/mol. The molecule has 5 nitrogen and oxygen atoms in total. The van der Waals surface area contributed by atoms with Gasteiger partial charge in [0.1, 0.15) is 13.2 Å². The van der Waals surface area contributed by atoms with Crippen molar-refractivity contribution in [3.8, 4) is 11.5 Å². The zero-order valence-corrected chi connectivity index (χ0v) is 15.4. The lowest BCUT2D eigenvalue weighted by atomic mass is 10.1. The Morgan fingerprint density at radius 1 is 1.04 bits per heavy atom. The molecule has 1 aliphatic heterocycles. The van der Waals surface area contributed by atoms with E-state index < -0.39 is 0 Å². The molecule has 0 spiro atoms. The molecule has 0 aromatic heterocycles. The number of carbonyl (C=O) groups excluding carboxylic acids is 1. The maximum Gasteiger partial charge on any atom is 0.317 e. The van der Waals surface area contributed by atoms with E-state index in [9.17, 15) is 4.79 Å². The third-order valence-electron chi connectivity index (χ3n) is 4.38. The summed E-state index contributed by atoms with van der Waals surface area (Å²) in [6.07, 6.45) is 0.750. The summed E-state index contributed by atoms with van der Waals surface area (Å²) in [7, 11) is 0. The molecule has 0 saturated carbocycles. The Labute approximate surface area is 154 Å². The number of carbonyl (C=O) groups is 1. The van der Waals surface area contributed by atoms with Crippen molar-refractivity contribution in [2.45, 2.75) is 32.9 Å². The van der Waals surface area contributed by atoms with Crippen LogP contribution in [0.4, 0.5) is 4.79 Å². The van der Waals surface area contributed by atoms with Crippen molar-refractivity contribution in [3.05, 3.63) is 59.7 Å². The van der Waals surface area contributed by atoms with Crippen molar-refractivity contribution in [3.63, 3.8) is 0 Å². The molecule has 0 radical (unpaired) electrons. The highest BCUT2D eigenvalue weighted by atomic mass is 16.6. The molecule has 26 heavy (non-hydrogen) atoms. The van der Waals surface area contributed by atoms with E-state index in [1.165, 1.54) is 0 Å². The largest absolute Gasteiger partial charge is 0.486 e. The van der Waals surface area contributed by atoms with Crippen LogP contribution in [0.1, 0.15) is 25.0 Å². The number of nitrogens with one attached hydrogen (secondary N) is 1. The lowest BCUT2D eigenvalue weighted by Crippen LogP contribution is -2.44. The molecular formula is C21H26N2O3. The van der Waals surface area contributed by atoms with Gasteiger partial charge >= 0.3 is 6.03 Å². The third kappa shape index (κ3) is 4.69.